The lowest BCUT2D eigenvalue weighted by molar-refractivity contribution is -0.149. The second-order valence-electron chi connectivity index (χ2n) is 5.29. The first kappa shape index (κ1) is 16.6. The summed E-state index contributed by atoms with van der Waals surface area (Å²) in [7, 11) is 0. The number of carboxylic acid groups (broad SMARTS) is 2. The van der Waals surface area contributed by atoms with Crippen LogP contribution >= 0.6 is 0 Å². The molecule has 1 unspecified atom stereocenters. The van der Waals surface area contributed by atoms with E-state index in [0.717, 1.165) is 0 Å². The van der Waals surface area contributed by atoms with Gasteiger partial charge in [-0.25, -0.2) is 0 Å². The van der Waals surface area contributed by atoms with E-state index in [1.165, 1.54) is 0 Å². The second-order valence-corrected chi connectivity index (χ2v) is 5.29. The lowest BCUT2D eigenvalue weighted by Gasteiger charge is -2.24. The monoisotopic (exact) mass is 258 g/mol. The van der Waals surface area contributed by atoms with Crippen LogP contribution in [-0.2, 0) is 14.3 Å². The van der Waals surface area contributed by atoms with Crippen molar-refractivity contribution in [1.29, 1.82) is 0 Å². The minimum Gasteiger partial charge on any atom is -0.481 e. The third-order valence-electron chi connectivity index (χ3n) is 2.42. The van der Waals surface area contributed by atoms with Crippen LogP contribution in [-0.4, -0.2) is 34.4 Å². The molecule has 0 aromatic heterocycles. The van der Waals surface area contributed by atoms with E-state index < -0.39 is 17.9 Å². The summed E-state index contributed by atoms with van der Waals surface area (Å²) in [5.41, 5.74) is -0.313. The van der Waals surface area contributed by atoms with Crippen molar-refractivity contribution in [3.63, 3.8) is 0 Å². The van der Waals surface area contributed by atoms with E-state index >= 15 is 0 Å². The third-order valence-corrected chi connectivity index (χ3v) is 2.42. The van der Waals surface area contributed by atoms with Gasteiger partial charge in [-0.3, -0.25) is 9.59 Å². The van der Waals surface area contributed by atoms with E-state index in [1.807, 2.05) is 20.8 Å². The fraction of sp³-hybridized carbons (Fsp3) is 0.692. The molecule has 5 nitrogen and oxygen atoms in total. The lowest BCUT2D eigenvalue weighted by atomic mass is 9.92. The maximum atomic E-state index is 10.9. The number of hydrogen-bond acceptors (Lipinski definition) is 3. The van der Waals surface area contributed by atoms with Crippen LogP contribution in [0.5, 0.6) is 0 Å². The van der Waals surface area contributed by atoms with Gasteiger partial charge in [-0.2, -0.15) is 0 Å². The summed E-state index contributed by atoms with van der Waals surface area (Å²) in [6.45, 7) is 9.68. The van der Waals surface area contributed by atoms with Crippen LogP contribution in [0.4, 0.5) is 0 Å². The topological polar surface area (TPSA) is 83.8 Å². The molecule has 2 atom stereocenters. The number of hydrogen-bond donors (Lipinski definition) is 2. The summed E-state index contributed by atoms with van der Waals surface area (Å²) in [6, 6.07) is 0. The Kier molecular flexibility index (Phi) is 6.62. The largest absolute Gasteiger partial charge is 0.481 e. The van der Waals surface area contributed by atoms with E-state index in [-0.39, 0.29) is 24.4 Å². The fourth-order valence-electron chi connectivity index (χ4n) is 1.44. The molecule has 0 saturated heterocycles. The van der Waals surface area contributed by atoms with Crippen LogP contribution < -0.4 is 0 Å². The van der Waals surface area contributed by atoms with Gasteiger partial charge < -0.3 is 14.9 Å². The third kappa shape index (κ3) is 7.84. The molecular weight excluding hydrogens is 236 g/mol. The molecule has 0 saturated carbocycles. The highest BCUT2D eigenvalue weighted by Crippen LogP contribution is 2.20. The van der Waals surface area contributed by atoms with E-state index in [2.05, 4.69) is 6.58 Å². The van der Waals surface area contributed by atoms with Crippen molar-refractivity contribution in [1.82, 2.24) is 0 Å². The van der Waals surface area contributed by atoms with Crippen molar-refractivity contribution in [3.05, 3.63) is 12.7 Å². The van der Waals surface area contributed by atoms with Gasteiger partial charge in [0.05, 0.1) is 24.5 Å². The Morgan fingerprint density at radius 1 is 1.33 bits per heavy atom. The second kappa shape index (κ2) is 7.16. The Hall–Kier alpha value is -1.36. The molecule has 0 aliphatic heterocycles. The minimum atomic E-state index is -1.11. The van der Waals surface area contributed by atoms with Crippen molar-refractivity contribution in [2.45, 2.75) is 39.2 Å². The van der Waals surface area contributed by atoms with Gasteiger partial charge in [-0.1, -0.05) is 6.08 Å². The molecule has 0 heterocycles. The van der Waals surface area contributed by atoms with Gasteiger partial charge in [0.25, 0.3) is 0 Å². The van der Waals surface area contributed by atoms with Crippen LogP contribution in [0.15, 0.2) is 12.7 Å². The fourth-order valence-corrected chi connectivity index (χ4v) is 1.44. The molecule has 0 aromatic carbocycles. The zero-order valence-electron chi connectivity index (χ0n) is 11.2. The quantitative estimate of drug-likeness (QED) is 0.652. The molecule has 5 heteroatoms. The highest BCUT2D eigenvalue weighted by Gasteiger charge is 2.25. The van der Waals surface area contributed by atoms with Gasteiger partial charge in [0.2, 0.25) is 0 Å². The Labute approximate surface area is 107 Å². The predicted octanol–water partition coefficient (Wildman–Crippen LogP) is 2.17. The summed E-state index contributed by atoms with van der Waals surface area (Å²) < 4.78 is 5.56. The summed E-state index contributed by atoms with van der Waals surface area (Å²) in [4.78, 5) is 21.5. The number of rotatable bonds is 8. The van der Waals surface area contributed by atoms with Gasteiger partial charge in [-0.15, -0.1) is 6.58 Å². The molecule has 0 spiro atoms. The zero-order valence-corrected chi connectivity index (χ0v) is 11.2. The average Bonchev–Trinajstić information content (AvgIpc) is 2.20. The Morgan fingerprint density at radius 2 is 1.89 bits per heavy atom. The zero-order chi connectivity index (χ0) is 14.3. The summed E-state index contributed by atoms with van der Waals surface area (Å²) in [5.74, 6) is -3.28. The smallest absolute Gasteiger partial charge is 0.307 e. The van der Waals surface area contributed by atoms with E-state index in [4.69, 9.17) is 14.9 Å². The van der Waals surface area contributed by atoms with E-state index in [9.17, 15) is 9.59 Å². The van der Waals surface area contributed by atoms with Crippen LogP contribution in [0.3, 0.4) is 0 Å². The Bertz CT molecular complexity index is 303. The summed E-state index contributed by atoms with van der Waals surface area (Å²) in [6.07, 6.45) is 1.46. The lowest BCUT2D eigenvalue weighted by Crippen LogP contribution is -2.26. The number of ether oxygens (including phenoxy) is 1. The van der Waals surface area contributed by atoms with E-state index in [0.29, 0.717) is 6.61 Å². The molecule has 0 radical (unpaired) electrons. The number of aliphatic carboxylic acids is 2. The average molecular weight is 258 g/mol. The van der Waals surface area contributed by atoms with Gasteiger partial charge in [0.15, 0.2) is 0 Å². The molecule has 0 rings (SSSR count). The Balaban J connectivity index is 4.43. The summed E-state index contributed by atoms with van der Waals surface area (Å²) >= 11 is 0. The SMILES string of the molecule is C=C[C@H](COC(C)(C)C)CC(CC(=O)O)C(=O)O. The van der Waals surface area contributed by atoms with Crippen LogP contribution in [0, 0.1) is 11.8 Å². The molecule has 0 amide bonds. The van der Waals surface area contributed by atoms with Crippen molar-refractivity contribution < 1.29 is 24.5 Å². The molecule has 0 bridgehead atoms. The predicted molar refractivity (Wildman–Crippen MR) is 67.4 cm³/mol. The van der Waals surface area contributed by atoms with Crippen LogP contribution in [0.25, 0.3) is 0 Å². The van der Waals surface area contributed by atoms with Crippen LogP contribution in [0.2, 0.25) is 0 Å². The normalized spacial score (nSPS) is 14.8. The number of carbonyl (C=O) groups is 2. The van der Waals surface area contributed by atoms with Gasteiger partial charge >= 0.3 is 11.9 Å². The van der Waals surface area contributed by atoms with Crippen molar-refractivity contribution in [2.75, 3.05) is 6.61 Å². The van der Waals surface area contributed by atoms with Crippen LogP contribution in [0.1, 0.15) is 33.6 Å². The summed E-state index contributed by atoms with van der Waals surface area (Å²) in [5, 5.41) is 17.6. The van der Waals surface area contributed by atoms with Crippen molar-refractivity contribution in [2.24, 2.45) is 11.8 Å². The molecule has 0 fully saturated rings. The molecule has 0 aromatic rings. The first-order chi connectivity index (χ1) is 8.15. The number of carboxylic acids is 2. The molecule has 0 aliphatic rings. The minimum absolute atomic E-state index is 0.162. The van der Waals surface area contributed by atoms with Crippen molar-refractivity contribution in [3.8, 4) is 0 Å². The molecule has 2 N–H and O–H groups in total. The maximum Gasteiger partial charge on any atom is 0.307 e. The Morgan fingerprint density at radius 3 is 2.22 bits per heavy atom. The first-order valence-electron chi connectivity index (χ1n) is 5.87. The van der Waals surface area contributed by atoms with Gasteiger partial charge in [0, 0.05) is 5.92 Å². The first-order valence-corrected chi connectivity index (χ1v) is 5.87. The standard InChI is InChI=1S/C13H22O5/c1-5-9(8-18-13(2,3)4)6-10(12(16)17)7-11(14)15/h5,9-10H,1,6-8H2,2-4H3,(H,14,15)(H,16,17)/t9-,10?/m0/s1. The van der Waals surface area contributed by atoms with Gasteiger partial charge in [-0.05, 0) is 27.2 Å². The van der Waals surface area contributed by atoms with E-state index in [1.54, 1.807) is 6.08 Å². The molecular formula is C13H22O5. The van der Waals surface area contributed by atoms with Gasteiger partial charge in [0.1, 0.15) is 0 Å². The highest BCUT2D eigenvalue weighted by molar-refractivity contribution is 5.77. The molecule has 104 valence electrons. The maximum absolute atomic E-state index is 10.9. The van der Waals surface area contributed by atoms with Crippen molar-refractivity contribution >= 4 is 11.9 Å². The molecule has 18 heavy (non-hydrogen) atoms. The highest BCUT2D eigenvalue weighted by atomic mass is 16.5. The molecule has 0 aliphatic carbocycles.